The molecule has 4 rings (SSSR count). The highest BCUT2D eigenvalue weighted by molar-refractivity contribution is 5.89. The number of H-pyrrole nitrogens is 1. The number of hydrogen-bond donors (Lipinski definition) is 1. The summed E-state index contributed by atoms with van der Waals surface area (Å²) in [7, 11) is 2.14. The van der Waals surface area contributed by atoms with Crippen LogP contribution in [-0.4, -0.2) is 68.7 Å². The minimum absolute atomic E-state index is 0.109. The molecule has 1 aromatic carbocycles. The van der Waals surface area contributed by atoms with Crippen LogP contribution in [0.15, 0.2) is 41.6 Å². The number of esters is 1. The van der Waals surface area contributed by atoms with E-state index in [0.717, 1.165) is 32.7 Å². The second kappa shape index (κ2) is 7.91. The van der Waals surface area contributed by atoms with Gasteiger partial charge in [0.25, 0.3) is 5.56 Å². The van der Waals surface area contributed by atoms with Gasteiger partial charge in [0.2, 0.25) is 0 Å². The monoisotopic (exact) mass is 382 g/mol. The predicted octanol–water partition coefficient (Wildman–Crippen LogP) is 0.681. The molecule has 146 valence electrons. The van der Waals surface area contributed by atoms with Crippen molar-refractivity contribution >= 4 is 17.0 Å². The van der Waals surface area contributed by atoms with Crippen molar-refractivity contribution in [2.24, 2.45) is 0 Å². The van der Waals surface area contributed by atoms with Gasteiger partial charge in [-0.3, -0.25) is 9.69 Å². The van der Waals surface area contributed by atoms with Gasteiger partial charge in [0.05, 0.1) is 18.1 Å². The Labute approximate surface area is 161 Å². The molecule has 0 spiro atoms. The van der Waals surface area contributed by atoms with Crippen molar-refractivity contribution in [3.05, 3.63) is 58.3 Å². The molecule has 0 atom stereocenters. The Morgan fingerprint density at radius 1 is 1.18 bits per heavy atom. The maximum absolute atomic E-state index is 12.3. The number of nitrogens with zero attached hydrogens (tertiary/aromatic N) is 5. The summed E-state index contributed by atoms with van der Waals surface area (Å²) in [6, 6.07) is 7.47. The molecule has 0 unspecified atom stereocenters. The second-order valence-electron chi connectivity index (χ2n) is 6.95. The first-order valence-electron chi connectivity index (χ1n) is 9.16. The molecule has 0 aliphatic carbocycles. The van der Waals surface area contributed by atoms with Gasteiger partial charge in [-0.05, 0) is 24.7 Å². The van der Waals surface area contributed by atoms with Crippen LogP contribution in [0.2, 0.25) is 0 Å². The fourth-order valence-corrected chi connectivity index (χ4v) is 3.21. The van der Waals surface area contributed by atoms with Gasteiger partial charge < -0.3 is 14.6 Å². The van der Waals surface area contributed by atoms with Crippen molar-refractivity contribution in [2.75, 3.05) is 33.2 Å². The zero-order valence-corrected chi connectivity index (χ0v) is 15.7. The minimum atomic E-state index is -0.445. The van der Waals surface area contributed by atoms with E-state index in [4.69, 9.17) is 4.74 Å². The summed E-state index contributed by atoms with van der Waals surface area (Å²) >= 11 is 0. The van der Waals surface area contributed by atoms with E-state index in [0.29, 0.717) is 16.6 Å². The third-order valence-electron chi connectivity index (χ3n) is 4.95. The average Bonchev–Trinajstić information content (AvgIpc) is 3.13. The molecule has 9 heteroatoms. The fraction of sp³-hybridized carbons (Fsp3) is 0.368. The van der Waals surface area contributed by atoms with E-state index >= 15 is 0 Å². The highest BCUT2D eigenvalue weighted by Crippen LogP contribution is 2.11. The van der Waals surface area contributed by atoms with Crippen LogP contribution in [0.3, 0.4) is 0 Å². The summed E-state index contributed by atoms with van der Waals surface area (Å²) in [6.45, 7) is 5.02. The van der Waals surface area contributed by atoms with E-state index in [2.05, 4.69) is 31.9 Å². The summed E-state index contributed by atoms with van der Waals surface area (Å²) in [6.07, 6.45) is 2.70. The lowest BCUT2D eigenvalue weighted by molar-refractivity contribution is 0.0357. The molecule has 9 nitrogen and oxygen atoms in total. The molecule has 0 saturated carbocycles. The highest BCUT2D eigenvalue weighted by atomic mass is 16.5. The van der Waals surface area contributed by atoms with Crippen molar-refractivity contribution in [2.45, 2.75) is 13.3 Å². The van der Waals surface area contributed by atoms with Gasteiger partial charge in [-0.25, -0.2) is 14.5 Å². The number of nitrogens with one attached hydrogen (secondary N) is 1. The normalized spacial score (nSPS) is 15.8. The van der Waals surface area contributed by atoms with Crippen LogP contribution in [0.4, 0.5) is 0 Å². The number of aromatic amines is 1. The van der Waals surface area contributed by atoms with Crippen LogP contribution in [0, 0.1) is 0 Å². The van der Waals surface area contributed by atoms with Crippen LogP contribution in [0.5, 0.6) is 0 Å². The number of aromatic nitrogens is 4. The molecule has 3 aromatic rings. The zero-order chi connectivity index (χ0) is 19.5. The number of benzene rings is 1. The largest absolute Gasteiger partial charge is 0.439 e. The number of hydrogen-bond acceptors (Lipinski definition) is 7. The Kier molecular flexibility index (Phi) is 5.18. The molecular weight excluding hydrogens is 360 g/mol. The molecule has 1 aliphatic rings. The van der Waals surface area contributed by atoms with Crippen LogP contribution in [-0.2, 0) is 18.0 Å². The van der Waals surface area contributed by atoms with Gasteiger partial charge in [0, 0.05) is 32.7 Å². The number of carbonyl (C=O) groups is 1. The van der Waals surface area contributed by atoms with Crippen molar-refractivity contribution in [3.8, 4) is 0 Å². The van der Waals surface area contributed by atoms with E-state index in [1.807, 2.05) is 12.1 Å². The zero-order valence-electron chi connectivity index (χ0n) is 15.7. The molecule has 1 saturated heterocycles. The van der Waals surface area contributed by atoms with Crippen molar-refractivity contribution in [1.29, 1.82) is 0 Å². The molecule has 1 fully saturated rings. The van der Waals surface area contributed by atoms with Crippen LogP contribution < -0.4 is 5.56 Å². The summed E-state index contributed by atoms with van der Waals surface area (Å²) < 4.78 is 6.69. The third-order valence-corrected chi connectivity index (χ3v) is 4.95. The van der Waals surface area contributed by atoms with Crippen LogP contribution in [0.25, 0.3) is 11.0 Å². The lowest BCUT2D eigenvalue weighted by atomic mass is 10.1. The quantitative estimate of drug-likeness (QED) is 0.648. The van der Waals surface area contributed by atoms with E-state index in [9.17, 15) is 9.59 Å². The maximum Gasteiger partial charge on any atom is 0.339 e. The lowest BCUT2D eigenvalue weighted by Gasteiger charge is -2.32. The Hall–Kier alpha value is -3.04. The van der Waals surface area contributed by atoms with Crippen LogP contribution in [0.1, 0.15) is 15.9 Å². The van der Waals surface area contributed by atoms with Gasteiger partial charge in [-0.2, -0.15) is 5.10 Å². The third kappa shape index (κ3) is 3.95. The number of ether oxygens (including phenoxy) is 1. The van der Waals surface area contributed by atoms with Crippen molar-refractivity contribution < 1.29 is 9.53 Å². The van der Waals surface area contributed by atoms with Gasteiger partial charge in [0.1, 0.15) is 5.39 Å². The topological polar surface area (TPSA) is 96.4 Å². The number of carbonyl (C=O) groups excluding carboxylic acids is 1. The molecule has 0 amide bonds. The first-order valence-corrected chi connectivity index (χ1v) is 9.16. The Balaban J connectivity index is 1.35. The summed E-state index contributed by atoms with van der Waals surface area (Å²) in [5, 5.41) is 4.41. The Morgan fingerprint density at radius 2 is 1.93 bits per heavy atom. The number of rotatable bonds is 5. The van der Waals surface area contributed by atoms with Gasteiger partial charge >= 0.3 is 5.97 Å². The van der Waals surface area contributed by atoms with E-state index in [-0.39, 0.29) is 12.3 Å². The second-order valence-corrected chi connectivity index (χ2v) is 6.95. The highest BCUT2D eigenvalue weighted by Gasteiger charge is 2.15. The first kappa shape index (κ1) is 18.3. The predicted molar refractivity (Wildman–Crippen MR) is 103 cm³/mol. The first-order chi connectivity index (χ1) is 13.6. The molecule has 0 bridgehead atoms. The Morgan fingerprint density at radius 3 is 2.68 bits per heavy atom. The molecule has 28 heavy (non-hydrogen) atoms. The number of piperazine rings is 1. The van der Waals surface area contributed by atoms with Crippen molar-refractivity contribution in [1.82, 2.24) is 29.5 Å². The molecule has 3 heterocycles. The maximum atomic E-state index is 12.3. The molecule has 1 aliphatic heterocycles. The van der Waals surface area contributed by atoms with Crippen molar-refractivity contribution in [3.63, 3.8) is 0 Å². The lowest BCUT2D eigenvalue weighted by Crippen LogP contribution is -2.43. The summed E-state index contributed by atoms with van der Waals surface area (Å²) in [5.41, 5.74) is 1.74. The smallest absolute Gasteiger partial charge is 0.339 e. The fourth-order valence-electron chi connectivity index (χ4n) is 3.21. The van der Waals surface area contributed by atoms with Crippen LogP contribution >= 0.6 is 0 Å². The number of fused-ring (bicyclic) bond motifs is 1. The van der Waals surface area contributed by atoms with Gasteiger partial charge in [-0.1, -0.05) is 12.1 Å². The average molecular weight is 382 g/mol. The van der Waals surface area contributed by atoms with Gasteiger partial charge in [-0.15, -0.1) is 0 Å². The molecule has 2 aromatic heterocycles. The SMILES string of the molecule is CN1CCN(Cc2ccc(C(=O)OCn3ncc4c(=O)[nH]cnc43)cc2)CC1. The summed E-state index contributed by atoms with van der Waals surface area (Å²) in [5.74, 6) is -0.445. The molecule has 1 N–H and O–H groups in total. The minimum Gasteiger partial charge on any atom is -0.439 e. The molecular formula is C19H22N6O3. The summed E-state index contributed by atoms with van der Waals surface area (Å²) in [4.78, 5) is 35.3. The van der Waals surface area contributed by atoms with Gasteiger partial charge in [0.15, 0.2) is 12.4 Å². The molecule has 0 radical (unpaired) electrons. The number of likely N-dealkylation sites (N-methyl/N-ethyl adjacent to an activating group) is 1. The van der Waals surface area contributed by atoms with E-state index < -0.39 is 5.97 Å². The van der Waals surface area contributed by atoms with E-state index in [1.165, 1.54) is 22.8 Å². The Bertz CT molecular complexity index is 1020. The standard InChI is InChI=1S/C19H22N6O3/c1-23-6-8-24(9-7-23)11-14-2-4-15(5-3-14)19(27)28-13-25-17-16(10-22-25)18(26)21-12-20-17/h2-5,10,12H,6-9,11,13H2,1H3,(H,20,21,26). The van der Waals surface area contributed by atoms with E-state index in [1.54, 1.807) is 12.1 Å².